The Morgan fingerprint density at radius 1 is 0.567 bits per heavy atom. The van der Waals surface area contributed by atoms with E-state index in [1.807, 2.05) is 36.4 Å². The third kappa shape index (κ3) is 12.2. The van der Waals surface area contributed by atoms with Gasteiger partial charge in [-0.25, -0.2) is 8.42 Å². The van der Waals surface area contributed by atoms with Gasteiger partial charge in [-0.3, -0.25) is 9.80 Å². The van der Waals surface area contributed by atoms with Crippen molar-refractivity contribution < 1.29 is 8.42 Å². The average Bonchev–Trinajstić information content (AvgIpc) is 3.24. The van der Waals surface area contributed by atoms with E-state index in [-0.39, 0.29) is 6.04 Å². The number of sulfonamides is 1. The lowest BCUT2D eigenvalue weighted by Gasteiger charge is -2.40. The van der Waals surface area contributed by atoms with Crippen molar-refractivity contribution in [1.29, 1.82) is 0 Å². The highest BCUT2D eigenvalue weighted by molar-refractivity contribution is 7.88. The van der Waals surface area contributed by atoms with Crippen molar-refractivity contribution in [1.82, 2.24) is 19.4 Å². The third-order valence-corrected chi connectivity index (χ3v) is 13.5. The molecule has 0 aromatic heterocycles. The molecule has 6 aromatic rings. The fourth-order valence-electron chi connectivity index (χ4n) is 8.43. The van der Waals surface area contributed by atoms with Gasteiger partial charge in [-0.15, -0.1) is 0 Å². The van der Waals surface area contributed by atoms with E-state index in [1.165, 1.54) is 39.6 Å². The Kier molecular flexibility index (Phi) is 15.0. The minimum atomic E-state index is -3.24. The lowest BCUT2D eigenvalue weighted by Crippen LogP contribution is -2.55. The summed E-state index contributed by atoms with van der Waals surface area (Å²) in [4.78, 5) is 4.91. The van der Waals surface area contributed by atoms with Crippen molar-refractivity contribution in [2.24, 2.45) is 0 Å². The second kappa shape index (κ2) is 20.5. The summed E-state index contributed by atoms with van der Waals surface area (Å²) in [6, 6.07) is 51.0. The minimum absolute atomic E-state index is 0.0634. The Labute approximate surface area is 367 Å². The Hall–Kier alpha value is -4.31. The summed E-state index contributed by atoms with van der Waals surface area (Å²) in [7, 11) is -3.24. The molecule has 0 radical (unpaired) electrons. The summed E-state index contributed by atoms with van der Waals surface area (Å²) < 4.78 is 26.4. The van der Waals surface area contributed by atoms with Crippen molar-refractivity contribution in [2.75, 3.05) is 45.5 Å². The number of hydrogen-bond acceptors (Lipinski definition) is 5. The number of nitrogens with one attached hydrogen (secondary N) is 1. The lowest BCUT2D eigenvalue weighted by atomic mass is 10.0. The molecule has 1 N–H and O–H groups in total. The molecular formula is C51H56Cl2N4O2S. The van der Waals surface area contributed by atoms with Crippen molar-refractivity contribution in [3.05, 3.63) is 189 Å². The first-order valence-corrected chi connectivity index (χ1v) is 23.5. The maximum absolute atomic E-state index is 12.4. The quantitative estimate of drug-likeness (QED) is 0.141. The zero-order valence-electron chi connectivity index (χ0n) is 34.9. The molecule has 2 fully saturated rings. The number of benzene rings is 6. The van der Waals surface area contributed by atoms with Gasteiger partial charge in [0.25, 0.3) is 0 Å². The van der Waals surface area contributed by atoms with Gasteiger partial charge in [0.05, 0.1) is 6.26 Å². The first-order chi connectivity index (χ1) is 29.0. The van der Waals surface area contributed by atoms with Gasteiger partial charge in [0.1, 0.15) is 0 Å². The molecule has 2 aliphatic heterocycles. The number of nitrogens with zero attached hydrogens (tertiary/aromatic N) is 3. The van der Waals surface area contributed by atoms with E-state index in [4.69, 9.17) is 23.2 Å². The average molecular weight is 860 g/mol. The molecule has 60 heavy (non-hydrogen) atoms. The van der Waals surface area contributed by atoms with E-state index in [9.17, 15) is 8.42 Å². The van der Waals surface area contributed by atoms with Gasteiger partial charge in [-0.2, -0.15) is 4.31 Å². The predicted molar refractivity (Wildman–Crippen MR) is 251 cm³/mol. The number of aryl methyl sites for hydroxylation is 2. The highest BCUT2D eigenvalue weighted by Gasteiger charge is 2.33. The SMILES string of the molecule is Cc1ccc(Cl)c(-c2ccc(CN3CCN(S(C)(=O)=O)[C@@H](Cc4ccccc4)C3)cc2)c1.Cc1ccc(Cl)c(-c2ccc(CN3CCN[C@@H](Cc4ccccc4)C3)cc2)c1. The van der Waals surface area contributed by atoms with Crippen LogP contribution in [0.4, 0.5) is 0 Å². The smallest absolute Gasteiger partial charge is 0.211 e. The van der Waals surface area contributed by atoms with Crippen LogP contribution in [0, 0.1) is 13.8 Å². The number of rotatable bonds is 11. The van der Waals surface area contributed by atoms with E-state index >= 15 is 0 Å². The van der Waals surface area contributed by atoms with E-state index in [1.54, 1.807) is 4.31 Å². The molecule has 2 atom stereocenters. The second-order valence-corrected chi connectivity index (χ2v) is 19.1. The maximum Gasteiger partial charge on any atom is 0.211 e. The Bertz CT molecular complexity index is 2410. The fraction of sp³-hybridized carbons (Fsp3) is 0.294. The summed E-state index contributed by atoms with van der Waals surface area (Å²) >= 11 is 12.8. The molecule has 312 valence electrons. The molecule has 0 aliphatic carbocycles. The molecular weight excluding hydrogens is 804 g/mol. The first-order valence-electron chi connectivity index (χ1n) is 20.9. The monoisotopic (exact) mass is 858 g/mol. The molecule has 6 aromatic carbocycles. The summed E-state index contributed by atoms with van der Waals surface area (Å²) in [6.07, 6.45) is 3.12. The van der Waals surface area contributed by atoms with Crippen molar-refractivity contribution in [2.45, 2.75) is 51.9 Å². The van der Waals surface area contributed by atoms with Gasteiger partial charge in [0, 0.05) is 85.6 Å². The summed E-state index contributed by atoms with van der Waals surface area (Å²) in [5, 5.41) is 5.23. The molecule has 2 saturated heterocycles. The Morgan fingerprint density at radius 2 is 1.05 bits per heavy atom. The zero-order chi connectivity index (χ0) is 42.1. The molecule has 0 unspecified atom stereocenters. The number of hydrogen-bond donors (Lipinski definition) is 1. The van der Waals surface area contributed by atoms with Gasteiger partial charge in [0.15, 0.2) is 0 Å². The van der Waals surface area contributed by atoms with Gasteiger partial charge in [0.2, 0.25) is 10.0 Å². The molecule has 8 rings (SSSR count). The fourth-order valence-corrected chi connectivity index (χ4v) is 9.97. The molecule has 0 bridgehead atoms. The minimum Gasteiger partial charge on any atom is -0.311 e. The molecule has 0 saturated carbocycles. The van der Waals surface area contributed by atoms with Crippen molar-refractivity contribution >= 4 is 33.2 Å². The van der Waals surface area contributed by atoms with Crippen LogP contribution in [0.3, 0.4) is 0 Å². The first kappa shape index (κ1) is 43.8. The Balaban J connectivity index is 0.000000183. The highest BCUT2D eigenvalue weighted by Crippen LogP contribution is 2.31. The van der Waals surface area contributed by atoms with Gasteiger partial charge in [-0.05, 0) is 84.3 Å². The predicted octanol–water partition coefficient (Wildman–Crippen LogP) is 10.3. The summed E-state index contributed by atoms with van der Waals surface area (Å²) in [6.45, 7) is 11.1. The Morgan fingerprint density at radius 3 is 1.55 bits per heavy atom. The summed E-state index contributed by atoms with van der Waals surface area (Å²) in [5.41, 5.74) is 12.0. The van der Waals surface area contributed by atoms with Gasteiger partial charge < -0.3 is 5.32 Å². The van der Waals surface area contributed by atoms with Crippen LogP contribution < -0.4 is 5.32 Å². The molecule has 0 amide bonds. The molecule has 9 heteroatoms. The van der Waals surface area contributed by atoms with Crippen molar-refractivity contribution in [3.8, 4) is 22.3 Å². The second-order valence-electron chi connectivity index (χ2n) is 16.4. The third-order valence-electron chi connectivity index (χ3n) is 11.5. The van der Waals surface area contributed by atoms with Gasteiger partial charge in [-0.1, -0.05) is 156 Å². The number of piperazine rings is 2. The van der Waals surface area contributed by atoms with Crippen LogP contribution in [0.2, 0.25) is 10.0 Å². The van der Waals surface area contributed by atoms with Gasteiger partial charge >= 0.3 is 0 Å². The normalized spacial score (nSPS) is 17.8. The van der Waals surface area contributed by atoms with Crippen LogP contribution in [-0.4, -0.2) is 80.1 Å². The van der Waals surface area contributed by atoms with E-state index in [2.05, 4.69) is 138 Å². The molecule has 2 aliphatic rings. The largest absolute Gasteiger partial charge is 0.311 e. The number of halogens is 2. The summed E-state index contributed by atoms with van der Waals surface area (Å²) in [5.74, 6) is 0. The van der Waals surface area contributed by atoms with Crippen LogP contribution >= 0.6 is 23.2 Å². The van der Waals surface area contributed by atoms with Crippen molar-refractivity contribution in [3.63, 3.8) is 0 Å². The standard InChI is InChI=1S/C26H29ClN2O2S.C25H27ClN2/c1-20-8-13-26(27)25(16-20)23-11-9-22(10-12-23)18-28-14-15-29(32(2,30)31)24(19-28)17-21-6-4-3-5-7-21;1-19-7-12-25(26)24(15-19)22-10-8-21(9-11-22)17-28-14-13-27-23(18-28)16-20-5-3-2-4-6-20/h3-13,16,24H,14-15,17-19H2,1-2H3;2-12,15,23,27H,13-14,16-18H2,1H3/t24-;23-/m00/s1. The lowest BCUT2D eigenvalue weighted by molar-refractivity contribution is 0.129. The molecule has 2 heterocycles. The van der Waals surface area contributed by atoms with Crippen LogP contribution in [0.5, 0.6) is 0 Å². The van der Waals surface area contributed by atoms with Crippen LogP contribution in [0.15, 0.2) is 146 Å². The van der Waals surface area contributed by atoms with E-state index < -0.39 is 10.0 Å². The zero-order valence-corrected chi connectivity index (χ0v) is 37.2. The highest BCUT2D eigenvalue weighted by atomic mass is 35.5. The molecule has 6 nitrogen and oxygen atoms in total. The van der Waals surface area contributed by atoms with Crippen LogP contribution in [0.25, 0.3) is 22.3 Å². The van der Waals surface area contributed by atoms with E-state index in [0.29, 0.717) is 19.1 Å². The molecule has 0 spiro atoms. The van der Waals surface area contributed by atoms with E-state index in [0.717, 1.165) is 84.4 Å². The topological polar surface area (TPSA) is 55.9 Å². The maximum atomic E-state index is 12.4. The van der Waals surface area contributed by atoms with Crippen LogP contribution in [0.1, 0.15) is 33.4 Å². The van der Waals surface area contributed by atoms with Crippen LogP contribution in [-0.2, 0) is 36.0 Å².